The van der Waals surface area contributed by atoms with Crippen LogP contribution in [-0.4, -0.2) is 24.6 Å². The highest BCUT2D eigenvalue weighted by Gasteiger charge is 2.07. The summed E-state index contributed by atoms with van der Waals surface area (Å²) in [6.07, 6.45) is 1.55. The van der Waals surface area contributed by atoms with Crippen LogP contribution in [0.25, 0.3) is 0 Å². The topological polar surface area (TPSA) is 79.8 Å². The van der Waals surface area contributed by atoms with Crippen molar-refractivity contribution in [2.24, 2.45) is 5.10 Å². The first-order valence-corrected chi connectivity index (χ1v) is 9.44. The molecule has 0 saturated carbocycles. The first-order chi connectivity index (χ1) is 13.0. The molecular weight excluding hydrogens is 434 g/mol. The highest BCUT2D eigenvalue weighted by Crippen LogP contribution is 2.21. The number of nitrogens with zero attached hydrogens (tertiary/aromatic N) is 1. The molecule has 8 heteroatoms. The minimum Gasteiger partial charge on any atom is -0.493 e. The maximum atomic E-state index is 11.9. The number of ether oxygens (including phenoxy) is 1. The van der Waals surface area contributed by atoms with Crippen LogP contribution in [0.3, 0.4) is 0 Å². The molecule has 2 rings (SSSR count). The van der Waals surface area contributed by atoms with Gasteiger partial charge in [0.1, 0.15) is 5.75 Å². The lowest BCUT2D eigenvalue weighted by atomic mass is 10.2. The molecule has 0 aliphatic carbocycles. The van der Waals surface area contributed by atoms with E-state index >= 15 is 0 Å². The van der Waals surface area contributed by atoms with Crippen molar-refractivity contribution in [3.63, 3.8) is 0 Å². The van der Waals surface area contributed by atoms with Gasteiger partial charge in [-0.2, -0.15) is 5.10 Å². The molecule has 0 heterocycles. The summed E-state index contributed by atoms with van der Waals surface area (Å²) in [6.45, 7) is 2.41. The monoisotopic (exact) mass is 451 g/mol. The SMILES string of the molecule is CCOc1ccc(Br)cc1C=NNC(=O)CCC(=O)Nc1cccc(Cl)c1. The molecule has 0 unspecified atom stereocenters. The number of hydrogen-bond acceptors (Lipinski definition) is 4. The van der Waals surface area contributed by atoms with Gasteiger partial charge in [-0.25, -0.2) is 5.43 Å². The molecule has 0 aliphatic heterocycles. The van der Waals surface area contributed by atoms with Crippen LogP contribution in [-0.2, 0) is 9.59 Å². The van der Waals surface area contributed by atoms with Crippen LogP contribution in [0.2, 0.25) is 5.02 Å². The second-order valence-electron chi connectivity index (χ2n) is 5.47. The van der Waals surface area contributed by atoms with E-state index in [4.69, 9.17) is 16.3 Å². The highest BCUT2D eigenvalue weighted by molar-refractivity contribution is 9.10. The molecule has 142 valence electrons. The van der Waals surface area contributed by atoms with Crippen molar-refractivity contribution in [1.29, 1.82) is 0 Å². The summed E-state index contributed by atoms with van der Waals surface area (Å²) >= 11 is 9.24. The van der Waals surface area contributed by atoms with Gasteiger partial charge in [0.2, 0.25) is 11.8 Å². The normalized spacial score (nSPS) is 10.6. The first kappa shape index (κ1) is 20.9. The number of rotatable bonds is 8. The minimum absolute atomic E-state index is 0.0144. The van der Waals surface area contributed by atoms with E-state index in [1.54, 1.807) is 24.3 Å². The maximum absolute atomic E-state index is 11.9. The van der Waals surface area contributed by atoms with Crippen molar-refractivity contribution in [2.75, 3.05) is 11.9 Å². The fourth-order valence-electron chi connectivity index (χ4n) is 2.15. The molecule has 2 N–H and O–H groups in total. The number of carbonyl (C=O) groups is 2. The third-order valence-electron chi connectivity index (χ3n) is 3.35. The summed E-state index contributed by atoms with van der Waals surface area (Å²) in [5.41, 5.74) is 3.72. The molecule has 0 atom stereocenters. The summed E-state index contributed by atoms with van der Waals surface area (Å²) in [5, 5.41) is 7.14. The van der Waals surface area contributed by atoms with Gasteiger partial charge in [0.15, 0.2) is 0 Å². The molecular formula is C19H19BrClN3O3. The number of anilines is 1. The summed E-state index contributed by atoms with van der Waals surface area (Å²) in [4.78, 5) is 23.7. The van der Waals surface area contributed by atoms with Crippen LogP contribution in [0.15, 0.2) is 52.0 Å². The Morgan fingerprint density at radius 3 is 2.70 bits per heavy atom. The third kappa shape index (κ3) is 7.40. The number of hydrazone groups is 1. The summed E-state index contributed by atoms with van der Waals surface area (Å²) in [7, 11) is 0. The van der Waals surface area contributed by atoms with Crippen molar-refractivity contribution in [3.8, 4) is 5.75 Å². The van der Waals surface area contributed by atoms with Crippen LogP contribution in [0, 0.1) is 0 Å². The van der Waals surface area contributed by atoms with E-state index in [2.05, 4.69) is 31.8 Å². The van der Waals surface area contributed by atoms with Gasteiger partial charge in [0.25, 0.3) is 0 Å². The zero-order valence-corrected chi connectivity index (χ0v) is 17.0. The second kappa shape index (κ2) is 10.7. The lowest BCUT2D eigenvalue weighted by Gasteiger charge is -2.07. The Hall–Kier alpha value is -2.38. The van der Waals surface area contributed by atoms with E-state index in [1.165, 1.54) is 6.21 Å². The molecule has 0 aromatic heterocycles. The van der Waals surface area contributed by atoms with Crippen LogP contribution < -0.4 is 15.5 Å². The van der Waals surface area contributed by atoms with Gasteiger partial charge in [-0.05, 0) is 43.3 Å². The Bertz CT molecular complexity index is 843. The molecule has 0 fully saturated rings. The molecule has 27 heavy (non-hydrogen) atoms. The van der Waals surface area contributed by atoms with Crippen molar-refractivity contribution in [1.82, 2.24) is 5.43 Å². The average molecular weight is 453 g/mol. The van der Waals surface area contributed by atoms with Crippen molar-refractivity contribution in [3.05, 3.63) is 57.5 Å². The second-order valence-corrected chi connectivity index (χ2v) is 6.82. The third-order valence-corrected chi connectivity index (χ3v) is 4.08. The molecule has 2 amide bonds. The minimum atomic E-state index is -0.361. The number of halogens is 2. The van der Waals surface area contributed by atoms with Crippen molar-refractivity contribution in [2.45, 2.75) is 19.8 Å². The van der Waals surface area contributed by atoms with Gasteiger partial charge in [-0.3, -0.25) is 9.59 Å². The smallest absolute Gasteiger partial charge is 0.240 e. The van der Waals surface area contributed by atoms with E-state index in [0.29, 0.717) is 23.1 Å². The van der Waals surface area contributed by atoms with Gasteiger partial charge < -0.3 is 10.1 Å². The molecule has 0 saturated heterocycles. The predicted octanol–water partition coefficient (Wildman–Crippen LogP) is 4.37. The van der Waals surface area contributed by atoms with E-state index in [9.17, 15) is 9.59 Å². The Balaban J connectivity index is 1.81. The van der Waals surface area contributed by atoms with Crippen LogP contribution in [0.1, 0.15) is 25.3 Å². The largest absolute Gasteiger partial charge is 0.493 e. The Morgan fingerprint density at radius 2 is 1.96 bits per heavy atom. The first-order valence-electron chi connectivity index (χ1n) is 8.27. The van der Waals surface area contributed by atoms with E-state index in [-0.39, 0.29) is 24.7 Å². The number of hydrogen-bond donors (Lipinski definition) is 2. The molecule has 0 bridgehead atoms. The fourth-order valence-corrected chi connectivity index (χ4v) is 2.72. The van der Waals surface area contributed by atoms with Crippen LogP contribution in [0.4, 0.5) is 5.69 Å². The molecule has 2 aromatic rings. The highest BCUT2D eigenvalue weighted by atomic mass is 79.9. The maximum Gasteiger partial charge on any atom is 0.240 e. The van der Waals surface area contributed by atoms with Gasteiger partial charge in [0, 0.05) is 33.6 Å². The lowest BCUT2D eigenvalue weighted by Crippen LogP contribution is -2.20. The standard InChI is InChI=1S/C19H19BrClN3O3/c1-2-27-17-7-6-14(20)10-13(17)12-22-24-19(26)9-8-18(25)23-16-5-3-4-15(21)11-16/h3-7,10-12H,2,8-9H2,1H3,(H,23,25)(H,24,26). The van der Waals surface area contributed by atoms with E-state index in [1.807, 2.05) is 25.1 Å². The average Bonchev–Trinajstić information content (AvgIpc) is 2.62. The summed E-state index contributed by atoms with van der Waals surface area (Å²) < 4.78 is 6.38. The van der Waals surface area contributed by atoms with E-state index in [0.717, 1.165) is 10.0 Å². The number of carbonyl (C=O) groups excluding carboxylic acids is 2. The summed E-state index contributed by atoms with van der Waals surface area (Å²) in [5.74, 6) is 0.0297. The van der Waals surface area contributed by atoms with Crippen LogP contribution >= 0.6 is 27.5 Å². The number of amides is 2. The lowest BCUT2D eigenvalue weighted by molar-refractivity contribution is -0.124. The van der Waals surface area contributed by atoms with Gasteiger partial charge in [-0.1, -0.05) is 33.6 Å². The molecule has 6 nitrogen and oxygen atoms in total. The molecule has 0 spiro atoms. The van der Waals surface area contributed by atoms with Crippen molar-refractivity contribution >= 4 is 51.2 Å². The Labute approximate surface area is 171 Å². The van der Waals surface area contributed by atoms with Gasteiger partial charge >= 0.3 is 0 Å². The van der Waals surface area contributed by atoms with E-state index < -0.39 is 0 Å². The zero-order valence-electron chi connectivity index (χ0n) is 14.7. The zero-order chi connectivity index (χ0) is 19.6. The Morgan fingerprint density at radius 1 is 1.19 bits per heavy atom. The Kier molecular flexibility index (Phi) is 8.29. The number of nitrogens with one attached hydrogen (secondary N) is 2. The molecule has 0 radical (unpaired) electrons. The van der Waals surface area contributed by atoms with Gasteiger partial charge in [-0.15, -0.1) is 0 Å². The summed E-state index contributed by atoms with van der Waals surface area (Å²) in [6, 6.07) is 12.3. The molecule has 2 aromatic carbocycles. The quantitative estimate of drug-likeness (QED) is 0.461. The molecule has 0 aliphatic rings. The number of benzene rings is 2. The van der Waals surface area contributed by atoms with Gasteiger partial charge in [0.05, 0.1) is 12.8 Å². The fraction of sp³-hybridized carbons (Fsp3) is 0.211. The van der Waals surface area contributed by atoms with Crippen LogP contribution in [0.5, 0.6) is 5.75 Å². The predicted molar refractivity (Wildman–Crippen MR) is 110 cm³/mol. The van der Waals surface area contributed by atoms with Crippen molar-refractivity contribution < 1.29 is 14.3 Å².